The van der Waals surface area contributed by atoms with E-state index < -0.39 is 10.0 Å². The molecule has 0 spiro atoms. The Labute approximate surface area is 97.9 Å². The molecule has 1 atom stereocenters. The Hall–Kier alpha value is -0.870. The molecule has 0 amide bonds. The van der Waals surface area contributed by atoms with Crippen molar-refractivity contribution in [3.05, 3.63) is 35.4 Å². The molecule has 0 aromatic heterocycles. The zero-order valence-corrected chi connectivity index (χ0v) is 10.8. The zero-order valence-electron chi connectivity index (χ0n) is 10.0. The molecule has 16 heavy (non-hydrogen) atoms. The van der Waals surface area contributed by atoms with Crippen LogP contribution in [-0.4, -0.2) is 14.5 Å². The van der Waals surface area contributed by atoms with Crippen LogP contribution in [-0.2, 0) is 15.8 Å². The standard InChI is InChI=1S/C12H19NO2S/c1-4-11(3)13-16(14,15)9-12-8-6-5-7-10(12)2/h5-8,11,13H,4,9H2,1-3H3/t11-/m0/s1. The molecule has 0 heterocycles. The van der Waals surface area contributed by atoms with Crippen molar-refractivity contribution in [1.29, 1.82) is 0 Å². The van der Waals surface area contributed by atoms with Crippen LogP contribution < -0.4 is 4.72 Å². The van der Waals surface area contributed by atoms with E-state index in [1.54, 1.807) is 0 Å². The van der Waals surface area contributed by atoms with Gasteiger partial charge in [0.15, 0.2) is 0 Å². The predicted molar refractivity (Wildman–Crippen MR) is 66.7 cm³/mol. The summed E-state index contributed by atoms with van der Waals surface area (Å²) >= 11 is 0. The molecule has 0 aliphatic rings. The molecular weight excluding hydrogens is 222 g/mol. The van der Waals surface area contributed by atoms with E-state index in [0.29, 0.717) is 0 Å². The maximum absolute atomic E-state index is 11.8. The van der Waals surface area contributed by atoms with Crippen LogP contribution in [0.15, 0.2) is 24.3 Å². The largest absolute Gasteiger partial charge is 0.216 e. The minimum atomic E-state index is -3.22. The summed E-state index contributed by atoms with van der Waals surface area (Å²) in [4.78, 5) is 0. The van der Waals surface area contributed by atoms with Gasteiger partial charge in [-0.05, 0) is 31.4 Å². The molecule has 0 aliphatic carbocycles. The summed E-state index contributed by atoms with van der Waals surface area (Å²) in [6, 6.07) is 7.54. The van der Waals surface area contributed by atoms with Gasteiger partial charge in [-0.15, -0.1) is 0 Å². The molecule has 3 nitrogen and oxygen atoms in total. The second-order valence-corrected chi connectivity index (χ2v) is 5.87. The van der Waals surface area contributed by atoms with Crippen LogP contribution in [0.2, 0.25) is 0 Å². The summed E-state index contributed by atoms with van der Waals surface area (Å²) in [6.45, 7) is 5.75. The van der Waals surface area contributed by atoms with Gasteiger partial charge in [0.1, 0.15) is 0 Å². The molecule has 0 saturated carbocycles. The van der Waals surface area contributed by atoms with Gasteiger partial charge in [0.2, 0.25) is 10.0 Å². The van der Waals surface area contributed by atoms with Gasteiger partial charge in [0.25, 0.3) is 0 Å². The first-order chi connectivity index (χ1) is 7.44. The van der Waals surface area contributed by atoms with Crippen LogP contribution >= 0.6 is 0 Å². The molecule has 90 valence electrons. The number of hydrogen-bond acceptors (Lipinski definition) is 2. The van der Waals surface area contributed by atoms with Gasteiger partial charge in [-0.3, -0.25) is 0 Å². The summed E-state index contributed by atoms with van der Waals surface area (Å²) in [6.07, 6.45) is 0.799. The van der Waals surface area contributed by atoms with E-state index in [9.17, 15) is 8.42 Å². The quantitative estimate of drug-likeness (QED) is 0.859. The molecule has 1 aromatic carbocycles. The number of nitrogens with one attached hydrogen (secondary N) is 1. The topological polar surface area (TPSA) is 46.2 Å². The fourth-order valence-corrected chi connectivity index (χ4v) is 3.00. The molecule has 0 unspecified atom stereocenters. The van der Waals surface area contributed by atoms with E-state index in [-0.39, 0.29) is 11.8 Å². The van der Waals surface area contributed by atoms with E-state index in [1.807, 2.05) is 45.0 Å². The van der Waals surface area contributed by atoms with Crippen LogP contribution in [0.25, 0.3) is 0 Å². The lowest BCUT2D eigenvalue weighted by Gasteiger charge is -2.12. The van der Waals surface area contributed by atoms with Gasteiger partial charge in [-0.2, -0.15) is 0 Å². The molecule has 0 fully saturated rings. The Kier molecular flexibility index (Phi) is 4.50. The smallest absolute Gasteiger partial charge is 0.212 e. The third kappa shape index (κ3) is 3.94. The maximum Gasteiger partial charge on any atom is 0.216 e. The van der Waals surface area contributed by atoms with Gasteiger partial charge in [0.05, 0.1) is 5.75 Å². The Balaban J connectivity index is 2.77. The molecule has 0 saturated heterocycles. The van der Waals surface area contributed by atoms with Crippen LogP contribution in [0.5, 0.6) is 0 Å². The molecule has 0 aliphatic heterocycles. The Morgan fingerprint density at radius 2 is 1.94 bits per heavy atom. The van der Waals surface area contributed by atoms with Gasteiger partial charge in [-0.25, -0.2) is 13.1 Å². The third-order valence-corrected chi connectivity index (χ3v) is 4.05. The lowest BCUT2D eigenvalue weighted by molar-refractivity contribution is 0.555. The lowest BCUT2D eigenvalue weighted by Crippen LogP contribution is -2.33. The van der Waals surface area contributed by atoms with Crippen molar-refractivity contribution in [1.82, 2.24) is 4.72 Å². The molecule has 0 radical (unpaired) electrons. The van der Waals surface area contributed by atoms with Gasteiger partial charge in [0, 0.05) is 6.04 Å². The minimum Gasteiger partial charge on any atom is -0.212 e. The fourth-order valence-electron chi connectivity index (χ4n) is 1.41. The third-order valence-electron chi connectivity index (χ3n) is 2.60. The van der Waals surface area contributed by atoms with Crippen molar-refractivity contribution in [3.63, 3.8) is 0 Å². The number of aryl methyl sites for hydroxylation is 1. The Bertz CT molecular complexity index is 440. The highest BCUT2D eigenvalue weighted by molar-refractivity contribution is 7.88. The fraction of sp³-hybridized carbons (Fsp3) is 0.500. The van der Waals surface area contributed by atoms with Crippen molar-refractivity contribution in [2.75, 3.05) is 0 Å². The number of sulfonamides is 1. The number of rotatable bonds is 5. The average molecular weight is 241 g/mol. The summed E-state index contributed by atoms with van der Waals surface area (Å²) < 4.78 is 26.3. The summed E-state index contributed by atoms with van der Waals surface area (Å²) in [5.41, 5.74) is 1.87. The molecule has 1 rings (SSSR count). The van der Waals surface area contributed by atoms with Crippen LogP contribution in [0, 0.1) is 6.92 Å². The summed E-state index contributed by atoms with van der Waals surface area (Å²) in [7, 11) is -3.22. The van der Waals surface area contributed by atoms with E-state index >= 15 is 0 Å². The monoisotopic (exact) mass is 241 g/mol. The van der Waals surface area contributed by atoms with Gasteiger partial charge < -0.3 is 0 Å². The Morgan fingerprint density at radius 1 is 1.31 bits per heavy atom. The highest BCUT2D eigenvalue weighted by atomic mass is 32.2. The first kappa shape index (κ1) is 13.2. The lowest BCUT2D eigenvalue weighted by atomic mass is 10.1. The van der Waals surface area contributed by atoms with Crippen molar-refractivity contribution in [2.24, 2.45) is 0 Å². The van der Waals surface area contributed by atoms with E-state index in [2.05, 4.69) is 4.72 Å². The van der Waals surface area contributed by atoms with Gasteiger partial charge >= 0.3 is 0 Å². The van der Waals surface area contributed by atoms with Crippen LogP contribution in [0.1, 0.15) is 31.4 Å². The molecule has 1 aromatic rings. The second-order valence-electron chi connectivity index (χ2n) is 4.11. The van der Waals surface area contributed by atoms with E-state index in [1.165, 1.54) is 0 Å². The van der Waals surface area contributed by atoms with Crippen LogP contribution in [0.3, 0.4) is 0 Å². The first-order valence-electron chi connectivity index (χ1n) is 5.49. The van der Waals surface area contributed by atoms with Crippen molar-refractivity contribution >= 4 is 10.0 Å². The molecule has 4 heteroatoms. The predicted octanol–water partition coefficient (Wildman–Crippen LogP) is 2.21. The van der Waals surface area contributed by atoms with E-state index in [0.717, 1.165) is 17.5 Å². The Morgan fingerprint density at radius 3 is 2.50 bits per heavy atom. The van der Waals surface area contributed by atoms with E-state index in [4.69, 9.17) is 0 Å². The number of hydrogen-bond donors (Lipinski definition) is 1. The first-order valence-corrected chi connectivity index (χ1v) is 7.14. The molecule has 0 bridgehead atoms. The molecular formula is C12H19NO2S. The second kappa shape index (κ2) is 5.46. The highest BCUT2D eigenvalue weighted by Crippen LogP contribution is 2.11. The summed E-state index contributed by atoms with van der Waals surface area (Å²) in [5.74, 6) is 0.0595. The van der Waals surface area contributed by atoms with Crippen molar-refractivity contribution in [3.8, 4) is 0 Å². The van der Waals surface area contributed by atoms with Crippen molar-refractivity contribution in [2.45, 2.75) is 39.0 Å². The normalized spacial score (nSPS) is 13.7. The number of benzene rings is 1. The minimum absolute atomic E-state index is 0.00554. The summed E-state index contributed by atoms with van der Waals surface area (Å²) in [5, 5.41) is 0. The highest BCUT2D eigenvalue weighted by Gasteiger charge is 2.14. The van der Waals surface area contributed by atoms with Crippen LogP contribution in [0.4, 0.5) is 0 Å². The van der Waals surface area contributed by atoms with Gasteiger partial charge in [-0.1, -0.05) is 31.2 Å². The van der Waals surface area contributed by atoms with Crippen molar-refractivity contribution < 1.29 is 8.42 Å². The zero-order chi connectivity index (χ0) is 12.2. The molecule has 1 N–H and O–H groups in total. The maximum atomic E-state index is 11.8. The average Bonchev–Trinajstić information content (AvgIpc) is 2.20. The SMILES string of the molecule is CC[C@H](C)NS(=O)(=O)Cc1ccccc1C.